The Morgan fingerprint density at radius 1 is 1.32 bits per heavy atom. The largest absolute Gasteiger partial charge is 0.481 e. The number of rotatable bonds is 2. The van der Waals surface area contributed by atoms with E-state index in [4.69, 9.17) is 15.5 Å². The number of aliphatic imine (C=N–C) groups is 1. The Kier molecular flexibility index (Phi) is 3.28. The van der Waals surface area contributed by atoms with E-state index in [1.807, 2.05) is 25.1 Å². The van der Waals surface area contributed by atoms with Gasteiger partial charge < -0.3 is 15.8 Å². The summed E-state index contributed by atoms with van der Waals surface area (Å²) >= 11 is 0. The van der Waals surface area contributed by atoms with Crippen LogP contribution in [0.4, 0.5) is 11.4 Å². The average molecular weight is 299 g/mol. The molecule has 1 heterocycles. The van der Waals surface area contributed by atoms with E-state index in [0.717, 1.165) is 40.7 Å². The molecule has 0 spiro atoms. The molecule has 1 aromatic carbocycles. The zero-order chi connectivity index (χ0) is 15.3. The molecule has 118 valence electrons. The van der Waals surface area contributed by atoms with Crippen LogP contribution in [0.15, 0.2) is 23.2 Å². The second-order valence-electron chi connectivity index (χ2n) is 7.23. The molecule has 4 heteroatoms. The van der Waals surface area contributed by atoms with Crippen molar-refractivity contribution in [1.29, 1.82) is 0 Å². The molecule has 1 aromatic rings. The first kappa shape index (κ1) is 13.9. The second-order valence-corrected chi connectivity index (χ2v) is 7.23. The lowest BCUT2D eigenvalue weighted by Gasteiger charge is -2.30. The lowest BCUT2D eigenvalue weighted by atomic mass is 9.84. The molecule has 0 saturated heterocycles. The van der Waals surface area contributed by atoms with Gasteiger partial charge in [-0.15, -0.1) is 0 Å². The number of benzene rings is 1. The van der Waals surface area contributed by atoms with Gasteiger partial charge in [-0.3, -0.25) is 4.99 Å². The standard InChI is InChI=1S/C18H25N3O/c1-10(15-8-12-3-4-13(15)7-12)20-18-11(2)22-17-9-14(19)5-6-16(17)21-18/h5-6,9-13,15H,3-4,7-8,19H2,1-2H3,(H,20,21). The summed E-state index contributed by atoms with van der Waals surface area (Å²) in [5.74, 6) is 4.39. The van der Waals surface area contributed by atoms with Crippen molar-refractivity contribution >= 4 is 17.2 Å². The van der Waals surface area contributed by atoms with Crippen molar-refractivity contribution in [2.24, 2.45) is 22.7 Å². The lowest BCUT2D eigenvalue weighted by Crippen LogP contribution is -2.37. The zero-order valence-electron chi connectivity index (χ0n) is 13.4. The number of ether oxygens (including phenoxy) is 1. The fourth-order valence-electron chi connectivity index (χ4n) is 4.56. The Bertz CT molecular complexity index is 612. The summed E-state index contributed by atoms with van der Waals surface area (Å²) in [6.45, 7) is 4.32. The van der Waals surface area contributed by atoms with Crippen molar-refractivity contribution in [3.63, 3.8) is 0 Å². The molecule has 2 fully saturated rings. The van der Waals surface area contributed by atoms with E-state index >= 15 is 0 Å². The Morgan fingerprint density at radius 2 is 2.18 bits per heavy atom. The quantitative estimate of drug-likeness (QED) is 0.819. The number of nitrogen functional groups attached to an aromatic ring is 1. The van der Waals surface area contributed by atoms with E-state index in [1.165, 1.54) is 25.7 Å². The highest BCUT2D eigenvalue weighted by Gasteiger charge is 2.42. The molecule has 22 heavy (non-hydrogen) atoms. The third-order valence-corrected chi connectivity index (χ3v) is 5.71. The molecule has 2 bridgehead atoms. The van der Waals surface area contributed by atoms with Crippen molar-refractivity contribution in [3.05, 3.63) is 18.2 Å². The molecule has 5 unspecified atom stereocenters. The highest BCUT2D eigenvalue weighted by molar-refractivity contribution is 6.01. The van der Waals surface area contributed by atoms with Crippen molar-refractivity contribution in [1.82, 2.24) is 0 Å². The SMILES string of the molecule is CC1Oc2cc(N)ccc2NC1=NC(C)C1CC2CCC1C2. The number of hydrogen-bond acceptors (Lipinski definition) is 3. The molecular weight excluding hydrogens is 274 g/mol. The third kappa shape index (κ3) is 2.34. The summed E-state index contributed by atoms with van der Waals surface area (Å²) < 4.78 is 5.98. The fraction of sp³-hybridized carbons (Fsp3) is 0.611. The molecule has 2 aliphatic carbocycles. The molecule has 5 atom stereocenters. The van der Waals surface area contributed by atoms with E-state index in [1.54, 1.807) is 0 Å². The molecule has 4 nitrogen and oxygen atoms in total. The van der Waals surface area contributed by atoms with Crippen molar-refractivity contribution < 1.29 is 4.74 Å². The van der Waals surface area contributed by atoms with Crippen LogP contribution in [0.5, 0.6) is 5.75 Å². The number of nitrogens with two attached hydrogens (primary N) is 1. The Morgan fingerprint density at radius 3 is 2.91 bits per heavy atom. The minimum Gasteiger partial charge on any atom is -0.481 e. The van der Waals surface area contributed by atoms with Gasteiger partial charge in [-0.25, -0.2) is 0 Å². The van der Waals surface area contributed by atoms with E-state index in [9.17, 15) is 0 Å². The van der Waals surface area contributed by atoms with Crippen LogP contribution in [0.1, 0.15) is 39.5 Å². The first-order valence-corrected chi connectivity index (χ1v) is 8.51. The minimum absolute atomic E-state index is 0.0460. The van der Waals surface area contributed by atoms with Crippen LogP contribution >= 0.6 is 0 Å². The van der Waals surface area contributed by atoms with Gasteiger partial charge in [0.1, 0.15) is 11.6 Å². The number of nitrogens with zero attached hydrogens (tertiary/aromatic N) is 1. The summed E-state index contributed by atoms with van der Waals surface area (Å²) in [5, 5.41) is 3.44. The summed E-state index contributed by atoms with van der Waals surface area (Å²) in [6.07, 6.45) is 5.60. The number of hydrogen-bond donors (Lipinski definition) is 2. The first-order valence-electron chi connectivity index (χ1n) is 8.51. The lowest BCUT2D eigenvalue weighted by molar-refractivity contribution is 0.273. The van der Waals surface area contributed by atoms with Crippen LogP contribution in [-0.2, 0) is 0 Å². The molecule has 3 aliphatic rings. The molecule has 0 radical (unpaired) electrons. The predicted octanol–water partition coefficient (Wildman–Crippen LogP) is 3.68. The Balaban J connectivity index is 1.53. The van der Waals surface area contributed by atoms with Crippen LogP contribution in [-0.4, -0.2) is 18.0 Å². The molecule has 4 rings (SSSR count). The predicted molar refractivity (Wildman–Crippen MR) is 90.4 cm³/mol. The maximum atomic E-state index is 5.98. The van der Waals surface area contributed by atoms with Gasteiger partial charge in [0.05, 0.1) is 11.7 Å². The van der Waals surface area contributed by atoms with Gasteiger partial charge in [0.15, 0.2) is 6.10 Å². The number of anilines is 2. The summed E-state index contributed by atoms with van der Waals surface area (Å²) in [7, 11) is 0. The normalized spacial score (nSPS) is 35.8. The maximum Gasteiger partial charge on any atom is 0.153 e. The monoisotopic (exact) mass is 299 g/mol. The molecular formula is C18H25N3O. The van der Waals surface area contributed by atoms with Crippen molar-refractivity contribution in [3.8, 4) is 5.75 Å². The van der Waals surface area contributed by atoms with Crippen LogP contribution in [0, 0.1) is 17.8 Å². The smallest absolute Gasteiger partial charge is 0.153 e. The van der Waals surface area contributed by atoms with Gasteiger partial charge >= 0.3 is 0 Å². The van der Waals surface area contributed by atoms with E-state index < -0.39 is 0 Å². The van der Waals surface area contributed by atoms with Gasteiger partial charge in [0, 0.05) is 11.8 Å². The van der Waals surface area contributed by atoms with Crippen LogP contribution < -0.4 is 15.8 Å². The van der Waals surface area contributed by atoms with Crippen molar-refractivity contribution in [2.75, 3.05) is 11.1 Å². The summed E-state index contributed by atoms with van der Waals surface area (Å²) in [6, 6.07) is 6.10. The van der Waals surface area contributed by atoms with Gasteiger partial charge in [0.25, 0.3) is 0 Å². The van der Waals surface area contributed by atoms with E-state index in [0.29, 0.717) is 6.04 Å². The minimum atomic E-state index is -0.0460. The van der Waals surface area contributed by atoms with Gasteiger partial charge in [0.2, 0.25) is 0 Å². The molecule has 0 amide bonds. The molecule has 3 N–H and O–H groups in total. The van der Waals surface area contributed by atoms with Gasteiger partial charge in [-0.05, 0) is 63.0 Å². The number of nitrogens with one attached hydrogen (secondary N) is 1. The van der Waals surface area contributed by atoms with Crippen LogP contribution in [0.3, 0.4) is 0 Å². The Hall–Kier alpha value is -1.71. The molecule has 2 saturated carbocycles. The summed E-state index contributed by atoms with van der Waals surface area (Å²) in [5.41, 5.74) is 7.51. The van der Waals surface area contributed by atoms with Crippen LogP contribution in [0.25, 0.3) is 0 Å². The van der Waals surface area contributed by atoms with Gasteiger partial charge in [-0.1, -0.05) is 6.42 Å². The number of fused-ring (bicyclic) bond motifs is 3. The highest BCUT2D eigenvalue weighted by atomic mass is 16.5. The maximum absolute atomic E-state index is 5.98. The van der Waals surface area contributed by atoms with Crippen molar-refractivity contribution in [2.45, 2.75) is 51.7 Å². The van der Waals surface area contributed by atoms with Gasteiger partial charge in [-0.2, -0.15) is 0 Å². The third-order valence-electron chi connectivity index (χ3n) is 5.71. The second kappa shape index (κ2) is 5.18. The summed E-state index contributed by atoms with van der Waals surface area (Å²) in [4.78, 5) is 4.99. The average Bonchev–Trinajstić information content (AvgIpc) is 3.11. The Labute approximate surface area is 132 Å². The van der Waals surface area contributed by atoms with Crippen LogP contribution in [0.2, 0.25) is 0 Å². The molecule has 0 aromatic heterocycles. The first-order chi connectivity index (χ1) is 10.6. The zero-order valence-corrected chi connectivity index (χ0v) is 13.4. The topological polar surface area (TPSA) is 59.6 Å². The fourth-order valence-corrected chi connectivity index (χ4v) is 4.56. The van der Waals surface area contributed by atoms with E-state index in [-0.39, 0.29) is 6.10 Å². The number of amidine groups is 1. The molecule has 1 aliphatic heterocycles. The highest BCUT2D eigenvalue weighted by Crippen LogP contribution is 2.50. The van der Waals surface area contributed by atoms with E-state index in [2.05, 4.69) is 12.2 Å².